The molecule has 6 nitrogen and oxygen atoms in total. The van der Waals surface area contributed by atoms with Crippen molar-refractivity contribution in [2.75, 3.05) is 17.7 Å². The Morgan fingerprint density at radius 1 is 1.07 bits per heavy atom. The number of esters is 1. The van der Waals surface area contributed by atoms with E-state index in [1.54, 1.807) is 24.3 Å². The van der Waals surface area contributed by atoms with Crippen LogP contribution in [0.2, 0.25) is 5.02 Å². The summed E-state index contributed by atoms with van der Waals surface area (Å²) < 4.78 is 4.76. The Bertz CT molecular complexity index is 990. The molecule has 7 heteroatoms. The number of rotatable bonds is 6. The van der Waals surface area contributed by atoms with Crippen LogP contribution in [0.25, 0.3) is 0 Å². The molecule has 2 N–H and O–H groups in total. The molecule has 3 rings (SSSR count). The summed E-state index contributed by atoms with van der Waals surface area (Å²) in [6.45, 7) is 4.55. The number of aryl methyl sites for hydroxylation is 2. The highest BCUT2D eigenvalue weighted by Gasteiger charge is 2.10. The molecule has 3 aromatic rings. The number of halogens is 1. The van der Waals surface area contributed by atoms with E-state index in [9.17, 15) is 4.79 Å². The van der Waals surface area contributed by atoms with Crippen molar-refractivity contribution in [2.45, 2.75) is 20.4 Å². The zero-order valence-electron chi connectivity index (χ0n) is 15.9. The maximum Gasteiger partial charge on any atom is 0.337 e. The first-order chi connectivity index (χ1) is 13.4. The summed E-state index contributed by atoms with van der Waals surface area (Å²) in [4.78, 5) is 20.7. The van der Waals surface area contributed by atoms with E-state index in [0.29, 0.717) is 34.6 Å². The van der Waals surface area contributed by atoms with Gasteiger partial charge in [0.1, 0.15) is 5.82 Å². The maximum atomic E-state index is 11.7. The number of carbonyl (C=O) groups is 1. The average molecular weight is 397 g/mol. The van der Waals surface area contributed by atoms with E-state index in [-0.39, 0.29) is 0 Å². The molecule has 0 aliphatic carbocycles. The van der Waals surface area contributed by atoms with E-state index in [1.165, 1.54) is 12.7 Å². The molecule has 0 saturated carbocycles. The monoisotopic (exact) mass is 396 g/mol. The van der Waals surface area contributed by atoms with Gasteiger partial charge in [-0.15, -0.1) is 0 Å². The van der Waals surface area contributed by atoms with Crippen molar-refractivity contribution in [1.82, 2.24) is 9.97 Å². The van der Waals surface area contributed by atoms with Crippen LogP contribution >= 0.6 is 11.6 Å². The predicted octanol–water partition coefficient (Wildman–Crippen LogP) is 4.89. The molecule has 0 aliphatic heterocycles. The standard InChI is InChI=1S/C21H21ClN4O2/c1-13-4-6-15(7-5-13)12-23-21-24-14(2)10-19(26-21)25-18-11-16(20(27)28-3)8-9-17(18)22/h4-11H,12H2,1-3H3,(H2,23,24,25,26). The number of methoxy groups -OCH3 is 1. The second-order valence-corrected chi connectivity index (χ2v) is 6.78. The molecule has 28 heavy (non-hydrogen) atoms. The molecular formula is C21H21ClN4O2. The highest BCUT2D eigenvalue weighted by atomic mass is 35.5. The summed E-state index contributed by atoms with van der Waals surface area (Å²) in [6.07, 6.45) is 0. The average Bonchev–Trinajstić information content (AvgIpc) is 2.68. The number of hydrogen-bond donors (Lipinski definition) is 2. The molecule has 144 valence electrons. The second-order valence-electron chi connectivity index (χ2n) is 6.37. The Hall–Kier alpha value is -3.12. The van der Waals surface area contributed by atoms with Gasteiger partial charge in [-0.05, 0) is 37.6 Å². The second kappa shape index (κ2) is 8.71. The summed E-state index contributed by atoms with van der Waals surface area (Å²) >= 11 is 6.25. The molecule has 0 fully saturated rings. The quantitative estimate of drug-likeness (QED) is 0.578. The Labute approximate surface area is 168 Å². The first kappa shape index (κ1) is 19.6. The van der Waals surface area contributed by atoms with Crippen LogP contribution in [-0.2, 0) is 11.3 Å². The Kier molecular flexibility index (Phi) is 6.11. The van der Waals surface area contributed by atoms with Crippen molar-refractivity contribution in [3.05, 3.63) is 75.9 Å². The van der Waals surface area contributed by atoms with Crippen molar-refractivity contribution in [1.29, 1.82) is 0 Å². The van der Waals surface area contributed by atoms with Gasteiger partial charge in [-0.2, -0.15) is 4.98 Å². The zero-order chi connectivity index (χ0) is 20.1. The SMILES string of the molecule is COC(=O)c1ccc(Cl)c(Nc2cc(C)nc(NCc3ccc(C)cc3)n2)c1. The van der Waals surface area contributed by atoms with E-state index >= 15 is 0 Å². The van der Waals surface area contributed by atoms with Crippen LogP contribution in [0.15, 0.2) is 48.5 Å². The zero-order valence-corrected chi connectivity index (χ0v) is 16.7. The molecule has 0 spiro atoms. The van der Waals surface area contributed by atoms with E-state index in [0.717, 1.165) is 11.3 Å². The van der Waals surface area contributed by atoms with Gasteiger partial charge < -0.3 is 15.4 Å². The van der Waals surface area contributed by atoms with E-state index in [1.807, 2.05) is 6.92 Å². The number of ether oxygens (including phenoxy) is 1. The Balaban J connectivity index is 1.78. The van der Waals surface area contributed by atoms with Crippen LogP contribution in [0.3, 0.4) is 0 Å². The number of anilines is 3. The fourth-order valence-corrected chi connectivity index (χ4v) is 2.77. The van der Waals surface area contributed by atoms with Gasteiger partial charge in [0.15, 0.2) is 0 Å². The van der Waals surface area contributed by atoms with Gasteiger partial charge in [-0.1, -0.05) is 41.4 Å². The summed E-state index contributed by atoms with van der Waals surface area (Å²) in [7, 11) is 1.34. The first-order valence-electron chi connectivity index (χ1n) is 8.74. The number of aromatic nitrogens is 2. The van der Waals surface area contributed by atoms with Crippen molar-refractivity contribution < 1.29 is 9.53 Å². The molecule has 2 aromatic carbocycles. The number of carbonyl (C=O) groups excluding carboxylic acids is 1. The topological polar surface area (TPSA) is 76.1 Å². The molecule has 0 radical (unpaired) electrons. The van der Waals surface area contributed by atoms with Crippen LogP contribution in [0.5, 0.6) is 0 Å². The summed E-state index contributed by atoms with van der Waals surface area (Å²) in [5.74, 6) is 0.644. The van der Waals surface area contributed by atoms with Gasteiger partial charge in [0.2, 0.25) is 5.95 Å². The van der Waals surface area contributed by atoms with Crippen LogP contribution in [0.4, 0.5) is 17.5 Å². The molecule has 0 saturated heterocycles. The maximum absolute atomic E-state index is 11.7. The van der Waals surface area contributed by atoms with E-state index < -0.39 is 5.97 Å². The van der Waals surface area contributed by atoms with Crippen LogP contribution in [0.1, 0.15) is 27.2 Å². The summed E-state index contributed by atoms with van der Waals surface area (Å²) in [5.41, 5.74) is 4.11. The fourth-order valence-electron chi connectivity index (χ4n) is 2.60. The largest absolute Gasteiger partial charge is 0.465 e. The van der Waals surface area contributed by atoms with Crippen LogP contribution in [0, 0.1) is 13.8 Å². The van der Waals surface area contributed by atoms with Gasteiger partial charge in [-0.3, -0.25) is 0 Å². The normalized spacial score (nSPS) is 10.4. The molecular weight excluding hydrogens is 376 g/mol. The van der Waals surface area contributed by atoms with Crippen LogP contribution < -0.4 is 10.6 Å². The Morgan fingerprint density at radius 2 is 1.82 bits per heavy atom. The van der Waals surface area contributed by atoms with Gasteiger partial charge in [0.25, 0.3) is 0 Å². The molecule has 0 bridgehead atoms. The number of benzene rings is 2. The number of nitrogens with zero attached hydrogens (tertiary/aromatic N) is 2. The lowest BCUT2D eigenvalue weighted by Crippen LogP contribution is -2.07. The third-order valence-electron chi connectivity index (χ3n) is 4.08. The third-order valence-corrected chi connectivity index (χ3v) is 4.41. The van der Waals surface area contributed by atoms with Crippen molar-refractivity contribution >= 4 is 35.0 Å². The highest BCUT2D eigenvalue weighted by Crippen LogP contribution is 2.27. The lowest BCUT2D eigenvalue weighted by Gasteiger charge is -2.12. The molecule has 0 unspecified atom stereocenters. The predicted molar refractivity (Wildman–Crippen MR) is 111 cm³/mol. The van der Waals surface area contributed by atoms with Gasteiger partial charge in [-0.25, -0.2) is 9.78 Å². The van der Waals surface area contributed by atoms with Crippen molar-refractivity contribution in [2.24, 2.45) is 0 Å². The number of nitrogens with one attached hydrogen (secondary N) is 2. The fraction of sp³-hybridized carbons (Fsp3) is 0.190. The minimum absolute atomic E-state index is 0.401. The first-order valence-corrected chi connectivity index (χ1v) is 9.12. The summed E-state index contributed by atoms with van der Waals surface area (Å²) in [6, 6.07) is 14.9. The molecule has 1 aromatic heterocycles. The van der Waals surface area contributed by atoms with Gasteiger partial charge in [0, 0.05) is 18.3 Å². The van der Waals surface area contributed by atoms with Crippen LogP contribution in [-0.4, -0.2) is 23.0 Å². The smallest absolute Gasteiger partial charge is 0.337 e. The van der Waals surface area contributed by atoms with E-state index in [2.05, 4.69) is 51.8 Å². The number of hydrogen-bond acceptors (Lipinski definition) is 6. The van der Waals surface area contributed by atoms with Crippen molar-refractivity contribution in [3.8, 4) is 0 Å². The molecule has 1 heterocycles. The van der Waals surface area contributed by atoms with Crippen molar-refractivity contribution in [3.63, 3.8) is 0 Å². The van der Waals surface area contributed by atoms with Gasteiger partial charge >= 0.3 is 5.97 Å². The summed E-state index contributed by atoms with van der Waals surface area (Å²) in [5, 5.41) is 6.85. The highest BCUT2D eigenvalue weighted by molar-refractivity contribution is 6.33. The van der Waals surface area contributed by atoms with E-state index in [4.69, 9.17) is 16.3 Å². The molecule has 0 amide bonds. The minimum atomic E-state index is -0.431. The lowest BCUT2D eigenvalue weighted by molar-refractivity contribution is 0.0601. The Morgan fingerprint density at radius 3 is 2.54 bits per heavy atom. The minimum Gasteiger partial charge on any atom is -0.465 e. The lowest BCUT2D eigenvalue weighted by atomic mass is 10.1. The van der Waals surface area contributed by atoms with Gasteiger partial charge in [0.05, 0.1) is 23.4 Å². The third kappa shape index (κ3) is 4.98. The molecule has 0 atom stereocenters. The molecule has 0 aliphatic rings.